The van der Waals surface area contributed by atoms with Crippen molar-refractivity contribution in [2.75, 3.05) is 5.73 Å². The summed E-state index contributed by atoms with van der Waals surface area (Å²) in [6.45, 7) is 0. The smallest absolute Gasteiger partial charge is 0.0887 e. The fourth-order valence-electron chi connectivity index (χ4n) is 1.07. The van der Waals surface area contributed by atoms with Gasteiger partial charge in [0.1, 0.15) is 0 Å². The Morgan fingerprint density at radius 2 is 1.60 bits per heavy atom. The number of hydrogen-bond donors (Lipinski definition) is 1. The number of nitrogen functional groups attached to an aromatic ring is 1. The molecule has 0 spiro atoms. The van der Waals surface area contributed by atoms with Crippen LogP contribution in [0.15, 0.2) is 42.7 Å². The fourth-order valence-corrected chi connectivity index (χ4v) is 1.07. The van der Waals surface area contributed by atoms with Crippen LogP contribution in [0.5, 0.6) is 0 Å². The molecule has 0 bridgehead atoms. The average Bonchev–Trinajstić information content (AvgIpc) is 2.20. The third-order valence-electron chi connectivity index (χ3n) is 1.71. The molecule has 80 valence electrons. The van der Waals surface area contributed by atoms with E-state index in [9.17, 15) is 0 Å². The lowest BCUT2D eigenvalue weighted by Crippen LogP contribution is -1.89. The second-order valence-corrected chi connectivity index (χ2v) is 2.69. The molecule has 2 aromatic rings. The molecule has 5 heteroatoms. The predicted molar refractivity (Wildman–Crippen MR) is 66.4 cm³/mol. The molecule has 15 heavy (non-hydrogen) atoms. The zero-order valence-corrected chi connectivity index (χ0v) is 9.46. The molecule has 2 heterocycles. The Bertz CT molecular complexity index is 389. The Kier molecular flexibility index (Phi) is 5.67. The molecule has 0 aliphatic carbocycles. The van der Waals surface area contributed by atoms with Crippen molar-refractivity contribution >= 4 is 30.5 Å². The Balaban J connectivity index is 0.000000980. The summed E-state index contributed by atoms with van der Waals surface area (Å²) in [5.41, 5.74) is 7.89. The van der Waals surface area contributed by atoms with Crippen LogP contribution in [-0.2, 0) is 0 Å². The van der Waals surface area contributed by atoms with Crippen molar-refractivity contribution in [2.24, 2.45) is 0 Å². The van der Waals surface area contributed by atoms with Gasteiger partial charge in [-0.1, -0.05) is 6.07 Å². The van der Waals surface area contributed by atoms with E-state index in [-0.39, 0.29) is 24.8 Å². The van der Waals surface area contributed by atoms with Gasteiger partial charge in [0.15, 0.2) is 0 Å². The summed E-state index contributed by atoms with van der Waals surface area (Å²) in [6.07, 6.45) is 3.37. The lowest BCUT2D eigenvalue weighted by atomic mass is 10.2. The van der Waals surface area contributed by atoms with Crippen LogP contribution < -0.4 is 5.73 Å². The van der Waals surface area contributed by atoms with Crippen LogP contribution in [0.25, 0.3) is 11.4 Å². The summed E-state index contributed by atoms with van der Waals surface area (Å²) in [4.78, 5) is 8.34. The largest absolute Gasteiger partial charge is 0.397 e. The van der Waals surface area contributed by atoms with Gasteiger partial charge in [-0.25, -0.2) is 0 Å². The maximum absolute atomic E-state index is 5.52. The molecule has 0 aromatic carbocycles. The number of rotatable bonds is 1. The van der Waals surface area contributed by atoms with Gasteiger partial charge in [0.25, 0.3) is 0 Å². The standard InChI is InChI=1S/C10H9N3.2ClH/c11-8-4-5-10(13-7-8)9-3-1-2-6-12-9;;/h1-7H,11H2;2*1H. The maximum Gasteiger partial charge on any atom is 0.0887 e. The summed E-state index contributed by atoms with van der Waals surface area (Å²) >= 11 is 0. The van der Waals surface area contributed by atoms with Gasteiger partial charge in [-0.3, -0.25) is 9.97 Å². The van der Waals surface area contributed by atoms with Gasteiger partial charge in [0.05, 0.1) is 23.3 Å². The maximum atomic E-state index is 5.52. The second-order valence-electron chi connectivity index (χ2n) is 2.69. The Labute approximate surface area is 101 Å². The van der Waals surface area contributed by atoms with E-state index in [0.29, 0.717) is 5.69 Å². The third kappa shape index (κ3) is 3.38. The molecule has 0 unspecified atom stereocenters. The van der Waals surface area contributed by atoms with Gasteiger partial charge in [-0.2, -0.15) is 0 Å². The molecule has 0 aliphatic rings. The number of anilines is 1. The topological polar surface area (TPSA) is 51.8 Å². The number of hydrogen-bond acceptors (Lipinski definition) is 3. The van der Waals surface area contributed by atoms with E-state index in [1.807, 2.05) is 30.3 Å². The van der Waals surface area contributed by atoms with Crippen molar-refractivity contribution in [3.63, 3.8) is 0 Å². The molecule has 0 radical (unpaired) electrons. The molecule has 0 atom stereocenters. The van der Waals surface area contributed by atoms with Crippen LogP contribution in [0.1, 0.15) is 0 Å². The van der Waals surface area contributed by atoms with E-state index in [1.165, 1.54) is 0 Å². The Morgan fingerprint density at radius 1 is 0.867 bits per heavy atom. The van der Waals surface area contributed by atoms with Crippen LogP contribution in [-0.4, -0.2) is 9.97 Å². The molecule has 0 amide bonds. The van der Waals surface area contributed by atoms with Gasteiger partial charge in [-0.05, 0) is 24.3 Å². The summed E-state index contributed by atoms with van der Waals surface area (Å²) in [5, 5.41) is 0. The molecular weight excluding hydrogens is 233 g/mol. The molecule has 0 saturated heterocycles. The van der Waals surface area contributed by atoms with E-state index in [2.05, 4.69) is 9.97 Å². The van der Waals surface area contributed by atoms with Crippen LogP contribution >= 0.6 is 24.8 Å². The first-order chi connectivity index (χ1) is 6.36. The summed E-state index contributed by atoms with van der Waals surface area (Å²) in [6, 6.07) is 9.40. The molecule has 0 fully saturated rings. The van der Waals surface area contributed by atoms with Crippen molar-refractivity contribution < 1.29 is 0 Å². The van der Waals surface area contributed by atoms with E-state index in [0.717, 1.165) is 11.4 Å². The van der Waals surface area contributed by atoms with Gasteiger partial charge >= 0.3 is 0 Å². The minimum Gasteiger partial charge on any atom is -0.397 e. The normalized spacial score (nSPS) is 8.53. The van der Waals surface area contributed by atoms with E-state index < -0.39 is 0 Å². The molecule has 2 rings (SSSR count). The van der Waals surface area contributed by atoms with Crippen LogP contribution in [0.2, 0.25) is 0 Å². The van der Waals surface area contributed by atoms with Gasteiger partial charge in [-0.15, -0.1) is 24.8 Å². The number of nitrogens with two attached hydrogens (primary N) is 1. The Hall–Kier alpha value is -1.32. The van der Waals surface area contributed by atoms with Crippen molar-refractivity contribution in [2.45, 2.75) is 0 Å². The number of halogens is 2. The first-order valence-electron chi connectivity index (χ1n) is 3.99. The number of aromatic nitrogens is 2. The van der Waals surface area contributed by atoms with E-state index >= 15 is 0 Å². The molecular formula is C10H11Cl2N3. The van der Waals surface area contributed by atoms with Crippen LogP contribution in [0.4, 0.5) is 5.69 Å². The van der Waals surface area contributed by atoms with Gasteiger partial charge < -0.3 is 5.73 Å². The first-order valence-corrected chi connectivity index (χ1v) is 3.99. The van der Waals surface area contributed by atoms with Crippen molar-refractivity contribution in [1.29, 1.82) is 0 Å². The third-order valence-corrected chi connectivity index (χ3v) is 1.71. The van der Waals surface area contributed by atoms with Crippen molar-refractivity contribution in [1.82, 2.24) is 9.97 Å². The summed E-state index contributed by atoms with van der Waals surface area (Å²) in [5.74, 6) is 0. The molecule has 0 saturated carbocycles. The highest BCUT2D eigenvalue weighted by Gasteiger charge is 1.97. The average molecular weight is 244 g/mol. The summed E-state index contributed by atoms with van der Waals surface area (Å²) < 4.78 is 0. The highest BCUT2D eigenvalue weighted by Crippen LogP contribution is 2.13. The monoisotopic (exact) mass is 243 g/mol. The summed E-state index contributed by atoms with van der Waals surface area (Å²) in [7, 11) is 0. The minimum atomic E-state index is 0. The van der Waals surface area contributed by atoms with Crippen LogP contribution in [0, 0.1) is 0 Å². The minimum absolute atomic E-state index is 0. The Morgan fingerprint density at radius 3 is 2.13 bits per heavy atom. The van der Waals surface area contributed by atoms with Crippen molar-refractivity contribution in [3.05, 3.63) is 42.7 Å². The zero-order chi connectivity index (χ0) is 9.10. The number of pyridine rings is 2. The zero-order valence-electron chi connectivity index (χ0n) is 7.83. The highest BCUT2D eigenvalue weighted by molar-refractivity contribution is 5.85. The van der Waals surface area contributed by atoms with Gasteiger partial charge in [0, 0.05) is 6.20 Å². The molecule has 0 aliphatic heterocycles. The number of nitrogens with zero attached hydrogens (tertiary/aromatic N) is 2. The lowest BCUT2D eigenvalue weighted by molar-refractivity contribution is 1.25. The molecule has 2 N–H and O–H groups in total. The van der Waals surface area contributed by atoms with E-state index in [4.69, 9.17) is 5.73 Å². The van der Waals surface area contributed by atoms with Crippen LogP contribution in [0.3, 0.4) is 0 Å². The molecule has 2 aromatic heterocycles. The highest BCUT2D eigenvalue weighted by atomic mass is 35.5. The molecule has 3 nitrogen and oxygen atoms in total. The predicted octanol–water partition coefficient (Wildman–Crippen LogP) is 2.57. The van der Waals surface area contributed by atoms with E-state index in [1.54, 1.807) is 12.4 Å². The SMILES string of the molecule is Cl.Cl.Nc1ccc(-c2ccccn2)nc1. The van der Waals surface area contributed by atoms with Gasteiger partial charge in [0.2, 0.25) is 0 Å². The first kappa shape index (κ1) is 13.7. The fraction of sp³-hybridized carbons (Fsp3) is 0. The lowest BCUT2D eigenvalue weighted by Gasteiger charge is -1.98. The van der Waals surface area contributed by atoms with Crippen molar-refractivity contribution in [3.8, 4) is 11.4 Å². The second kappa shape index (κ2) is 6.22. The quantitative estimate of drug-likeness (QED) is 0.838.